The average molecular weight is 484 g/mol. The first kappa shape index (κ1) is 24.6. The molecule has 0 aliphatic carbocycles. The molecule has 0 bridgehead atoms. The van der Waals surface area contributed by atoms with Crippen LogP contribution in [-0.2, 0) is 13.1 Å². The third-order valence-corrected chi connectivity index (χ3v) is 6.59. The van der Waals surface area contributed by atoms with Crippen LogP contribution in [0.5, 0.6) is 11.5 Å². The van der Waals surface area contributed by atoms with E-state index < -0.39 is 5.60 Å². The van der Waals surface area contributed by atoms with Gasteiger partial charge in [0.25, 0.3) is 0 Å². The number of rotatable bonds is 9. The highest BCUT2D eigenvalue weighted by molar-refractivity contribution is 6.32. The van der Waals surface area contributed by atoms with E-state index in [9.17, 15) is 5.11 Å². The van der Waals surface area contributed by atoms with Gasteiger partial charge in [0.1, 0.15) is 24.7 Å². The monoisotopic (exact) mass is 483 g/mol. The van der Waals surface area contributed by atoms with Gasteiger partial charge in [0.15, 0.2) is 0 Å². The van der Waals surface area contributed by atoms with Crippen molar-refractivity contribution in [2.24, 2.45) is 0 Å². The summed E-state index contributed by atoms with van der Waals surface area (Å²) in [6, 6.07) is 14.0. The summed E-state index contributed by atoms with van der Waals surface area (Å²) in [5.74, 6) is 1.50. The van der Waals surface area contributed by atoms with Crippen molar-refractivity contribution in [3.63, 3.8) is 0 Å². The number of hydrogen-bond donors (Lipinski definition) is 1. The standard InChI is InChI=1S/C27H34ClN3O3/c1-21-4-9-25(28)26(16-21)34-20-27(32)10-3-12-30(13-11-27)19-23-5-7-24(8-6-23)33-15-14-31-18-22(2)17-29-31/h4-9,16-18,32H,3,10-15,19-20H2,1-2H3. The number of benzene rings is 2. The number of ether oxygens (including phenoxy) is 2. The molecule has 6 nitrogen and oxygen atoms in total. The second-order valence-electron chi connectivity index (χ2n) is 9.35. The zero-order valence-electron chi connectivity index (χ0n) is 20.0. The fourth-order valence-electron chi connectivity index (χ4n) is 4.27. The Morgan fingerprint density at radius 3 is 2.62 bits per heavy atom. The average Bonchev–Trinajstić information content (AvgIpc) is 3.14. The maximum absolute atomic E-state index is 11.1. The Labute approximate surface area is 207 Å². The number of likely N-dealkylation sites (tertiary alicyclic amines) is 1. The van der Waals surface area contributed by atoms with Crippen LogP contribution < -0.4 is 9.47 Å². The van der Waals surface area contributed by atoms with Crippen LogP contribution in [0.4, 0.5) is 0 Å². The molecule has 0 spiro atoms. The summed E-state index contributed by atoms with van der Waals surface area (Å²) in [6.45, 7) is 8.23. The van der Waals surface area contributed by atoms with Crippen LogP contribution >= 0.6 is 11.6 Å². The highest BCUT2D eigenvalue weighted by Gasteiger charge is 2.31. The summed E-state index contributed by atoms with van der Waals surface area (Å²) in [4.78, 5) is 2.40. The highest BCUT2D eigenvalue weighted by Crippen LogP contribution is 2.29. The van der Waals surface area contributed by atoms with Crippen molar-refractivity contribution >= 4 is 11.6 Å². The van der Waals surface area contributed by atoms with Crippen molar-refractivity contribution in [3.05, 3.63) is 76.6 Å². The number of aliphatic hydroxyl groups is 1. The third-order valence-electron chi connectivity index (χ3n) is 6.27. The number of nitrogens with zero attached hydrogens (tertiary/aromatic N) is 3. The van der Waals surface area contributed by atoms with Gasteiger partial charge in [-0.15, -0.1) is 0 Å². The van der Waals surface area contributed by atoms with Gasteiger partial charge in [0.05, 0.1) is 23.4 Å². The first-order chi connectivity index (χ1) is 16.4. The lowest BCUT2D eigenvalue weighted by atomic mass is 9.96. The lowest BCUT2D eigenvalue weighted by Gasteiger charge is -2.27. The molecule has 1 fully saturated rings. The van der Waals surface area contributed by atoms with Crippen molar-refractivity contribution in [1.82, 2.24) is 14.7 Å². The fourth-order valence-corrected chi connectivity index (χ4v) is 4.44. The summed E-state index contributed by atoms with van der Waals surface area (Å²) in [5, 5.41) is 16.0. The Morgan fingerprint density at radius 1 is 1.03 bits per heavy atom. The molecule has 0 saturated carbocycles. The Bertz CT molecular complexity index is 1070. The van der Waals surface area contributed by atoms with Crippen molar-refractivity contribution < 1.29 is 14.6 Å². The third kappa shape index (κ3) is 6.98. The van der Waals surface area contributed by atoms with Gasteiger partial charge in [-0.3, -0.25) is 9.58 Å². The maximum Gasteiger partial charge on any atom is 0.138 e. The molecule has 0 radical (unpaired) electrons. The molecule has 1 atom stereocenters. The van der Waals surface area contributed by atoms with Crippen molar-refractivity contribution in [2.75, 3.05) is 26.3 Å². The first-order valence-electron chi connectivity index (χ1n) is 11.9. The van der Waals surface area contributed by atoms with Crippen molar-refractivity contribution in [3.8, 4) is 11.5 Å². The van der Waals surface area contributed by atoms with E-state index in [2.05, 4.69) is 22.1 Å². The largest absolute Gasteiger partial charge is 0.492 e. The highest BCUT2D eigenvalue weighted by atomic mass is 35.5. The molecule has 2 heterocycles. The van der Waals surface area contributed by atoms with Gasteiger partial charge in [-0.1, -0.05) is 29.8 Å². The van der Waals surface area contributed by atoms with Crippen LogP contribution in [-0.4, -0.2) is 51.7 Å². The van der Waals surface area contributed by atoms with Crippen LogP contribution in [0.25, 0.3) is 0 Å². The van der Waals surface area contributed by atoms with Crippen molar-refractivity contribution in [2.45, 2.75) is 51.8 Å². The summed E-state index contributed by atoms with van der Waals surface area (Å²) >= 11 is 6.25. The van der Waals surface area contributed by atoms with Gasteiger partial charge in [0.2, 0.25) is 0 Å². The predicted molar refractivity (Wildman–Crippen MR) is 135 cm³/mol. The van der Waals surface area contributed by atoms with Gasteiger partial charge >= 0.3 is 0 Å². The van der Waals surface area contributed by atoms with Gasteiger partial charge < -0.3 is 14.6 Å². The van der Waals surface area contributed by atoms with E-state index in [-0.39, 0.29) is 6.61 Å². The molecule has 0 amide bonds. The zero-order valence-corrected chi connectivity index (χ0v) is 20.8. The summed E-state index contributed by atoms with van der Waals surface area (Å²) in [6.07, 6.45) is 6.18. The van der Waals surface area contributed by atoms with Gasteiger partial charge in [0, 0.05) is 19.3 Å². The minimum Gasteiger partial charge on any atom is -0.492 e. The lowest BCUT2D eigenvalue weighted by Crippen LogP contribution is -2.37. The molecule has 1 aliphatic rings. The fraction of sp³-hybridized carbons (Fsp3) is 0.444. The molecule has 4 rings (SSSR count). The second kappa shape index (κ2) is 11.3. The molecular weight excluding hydrogens is 450 g/mol. The van der Waals surface area contributed by atoms with Gasteiger partial charge in [-0.05, 0) is 80.6 Å². The molecule has 1 unspecified atom stereocenters. The topological polar surface area (TPSA) is 59.8 Å². The van der Waals surface area contributed by atoms with E-state index in [0.29, 0.717) is 23.8 Å². The van der Waals surface area contributed by atoms with Crippen LogP contribution in [0, 0.1) is 13.8 Å². The van der Waals surface area contributed by atoms with E-state index in [0.717, 1.165) is 55.9 Å². The van der Waals surface area contributed by atoms with Crippen molar-refractivity contribution in [1.29, 1.82) is 0 Å². The van der Waals surface area contributed by atoms with E-state index >= 15 is 0 Å². The lowest BCUT2D eigenvalue weighted by molar-refractivity contribution is -0.0168. The SMILES string of the molecule is Cc1ccc(Cl)c(OCC2(O)CCCN(Cc3ccc(OCCn4cc(C)cn4)cc3)CC2)c1. The molecule has 1 aliphatic heterocycles. The molecule has 1 saturated heterocycles. The van der Waals surface area contributed by atoms with Gasteiger partial charge in [-0.2, -0.15) is 5.10 Å². The Morgan fingerprint density at radius 2 is 1.85 bits per heavy atom. The first-order valence-corrected chi connectivity index (χ1v) is 12.3. The number of aryl methyl sites for hydroxylation is 2. The molecule has 34 heavy (non-hydrogen) atoms. The smallest absolute Gasteiger partial charge is 0.138 e. The molecule has 3 aromatic rings. The summed E-state index contributed by atoms with van der Waals surface area (Å²) < 4.78 is 13.7. The molecule has 2 aromatic carbocycles. The second-order valence-corrected chi connectivity index (χ2v) is 9.76. The van der Waals surface area contributed by atoms with Crippen LogP contribution in [0.1, 0.15) is 36.0 Å². The van der Waals surface area contributed by atoms with E-state index in [1.165, 1.54) is 5.56 Å². The summed E-state index contributed by atoms with van der Waals surface area (Å²) in [7, 11) is 0. The van der Waals surface area contributed by atoms with E-state index in [4.69, 9.17) is 21.1 Å². The van der Waals surface area contributed by atoms with Crippen LogP contribution in [0.3, 0.4) is 0 Å². The molecular formula is C27H34ClN3O3. The molecule has 1 aromatic heterocycles. The Balaban J connectivity index is 1.23. The quantitative estimate of drug-likeness (QED) is 0.462. The Hall–Kier alpha value is -2.54. The van der Waals surface area contributed by atoms with E-state index in [1.807, 2.05) is 61.3 Å². The van der Waals surface area contributed by atoms with Crippen LogP contribution in [0.15, 0.2) is 54.9 Å². The molecule has 1 N–H and O–H groups in total. The minimum absolute atomic E-state index is 0.258. The maximum atomic E-state index is 11.1. The van der Waals surface area contributed by atoms with Gasteiger partial charge in [-0.25, -0.2) is 0 Å². The number of aromatic nitrogens is 2. The van der Waals surface area contributed by atoms with Crippen LogP contribution in [0.2, 0.25) is 5.02 Å². The summed E-state index contributed by atoms with van der Waals surface area (Å²) in [5.41, 5.74) is 2.64. The minimum atomic E-state index is -0.841. The van der Waals surface area contributed by atoms with E-state index in [1.54, 1.807) is 0 Å². The zero-order chi connectivity index (χ0) is 24.0. The molecule has 7 heteroatoms. The Kier molecular flexibility index (Phi) is 8.14. The normalized spacial score (nSPS) is 19.1. The molecule has 182 valence electrons. The number of hydrogen-bond acceptors (Lipinski definition) is 5. The number of halogens is 1. The predicted octanol–water partition coefficient (Wildman–Crippen LogP) is 5.03.